The van der Waals surface area contributed by atoms with Crippen LogP contribution in [-0.4, -0.2) is 32.3 Å². The second-order valence-corrected chi connectivity index (χ2v) is 8.32. The molecule has 1 fully saturated rings. The second-order valence-electron chi connectivity index (χ2n) is 5.36. The standard InChI is InChI=1S/C13H20N2O3S2/c1-10-3-2-7-15(8-6-10)12(16)9-11-4-5-13(19-11)20(14,17)18/h4-5,10H,2-3,6-9H2,1H3,(H2,14,17,18). The molecule has 0 aromatic carbocycles. The SMILES string of the molecule is CC1CCCN(C(=O)Cc2ccc(S(N)(=O)=O)s2)CC1. The average molecular weight is 316 g/mol. The summed E-state index contributed by atoms with van der Waals surface area (Å²) in [5, 5.41) is 5.07. The molecule has 0 saturated carbocycles. The third kappa shape index (κ3) is 4.04. The average Bonchev–Trinajstić information content (AvgIpc) is 2.71. The van der Waals surface area contributed by atoms with Gasteiger partial charge in [-0.3, -0.25) is 4.79 Å². The summed E-state index contributed by atoms with van der Waals surface area (Å²) < 4.78 is 22.5. The van der Waals surface area contributed by atoms with Crippen molar-refractivity contribution in [3.8, 4) is 0 Å². The van der Waals surface area contributed by atoms with Crippen LogP contribution in [0.25, 0.3) is 0 Å². The minimum Gasteiger partial charge on any atom is -0.342 e. The zero-order chi connectivity index (χ0) is 14.8. The Balaban J connectivity index is 1.99. The van der Waals surface area contributed by atoms with Crippen molar-refractivity contribution in [1.29, 1.82) is 0 Å². The summed E-state index contributed by atoms with van der Waals surface area (Å²) >= 11 is 1.08. The molecule has 7 heteroatoms. The van der Waals surface area contributed by atoms with Crippen molar-refractivity contribution >= 4 is 27.3 Å². The minimum atomic E-state index is -3.66. The first-order valence-corrected chi connectivity index (χ1v) is 9.12. The quantitative estimate of drug-likeness (QED) is 0.919. The zero-order valence-electron chi connectivity index (χ0n) is 11.5. The highest BCUT2D eigenvalue weighted by Crippen LogP contribution is 2.22. The fourth-order valence-corrected chi connectivity index (χ4v) is 4.15. The Labute approximate surface area is 123 Å². The molecule has 2 rings (SSSR count). The lowest BCUT2D eigenvalue weighted by Crippen LogP contribution is -2.33. The summed E-state index contributed by atoms with van der Waals surface area (Å²) in [7, 11) is -3.66. The van der Waals surface area contributed by atoms with Crippen molar-refractivity contribution in [1.82, 2.24) is 4.90 Å². The maximum Gasteiger partial charge on any atom is 0.247 e. The van der Waals surface area contributed by atoms with E-state index < -0.39 is 10.0 Å². The molecule has 1 atom stereocenters. The topological polar surface area (TPSA) is 80.5 Å². The Morgan fingerprint density at radius 2 is 2.15 bits per heavy atom. The van der Waals surface area contributed by atoms with Crippen LogP contribution < -0.4 is 5.14 Å². The highest BCUT2D eigenvalue weighted by Gasteiger charge is 2.20. The highest BCUT2D eigenvalue weighted by molar-refractivity contribution is 7.91. The molecule has 1 amide bonds. The molecule has 2 N–H and O–H groups in total. The third-order valence-electron chi connectivity index (χ3n) is 3.61. The first-order chi connectivity index (χ1) is 9.36. The monoisotopic (exact) mass is 316 g/mol. The molecule has 0 radical (unpaired) electrons. The van der Waals surface area contributed by atoms with E-state index in [0.717, 1.165) is 42.1 Å². The maximum absolute atomic E-state index is 12.2. The molecule has 20 heavy (non-hydrogen) atoms. The van der Waals surface area contributed by atoms with Crippen molar-refractivity contribution in [2.24, 2.45) is 11.1 Å². The molecule has 1 aliphatic rings. The van der Waals surface area contributed by atoms with Gasteiger partial charge >= 0.3 is 0 Å². The van der Waals surface area contributed by atoms with E-state index in [9.17, 15) is 13.2 Å². The number of thiophene rings is 1. The molecule has 1 aromatic rings. The van der Waals surface area contributed by atoms with E-state index in [4.69, 9.17) is 5.14 Å². The number of carbonyl (C=O) groups is 1. The molecular formula is C13H20N2O3S2. The van der Waals surface area contributed by atoms with E-state index in [1.165, 1.54) is 12.5 Å². The lowest BCUT2D eigenvalue weighted by atomic mass is 10.0. The van der Waals surface area contributed by atoms with Gasteiger partial charge in [-0.25, -0.2) is 13.6 Å². The van der Waals surface area contributed by atoms with Crippen LogP contribution in [0, 0.1) is 5.92 Å². The Kier molecular flexibility index (Phi) is 4.82. The molecule has 0 aliphatic carbocycles. The molecule has 1 aliphatic heterocycles. The van der Waals surface area contributed by atoms with Gasteiger partial charge < -0.3 is 4.90 Å². The van der Waals surface area contributed by atoms with Crippen LogP contribution in [0.5, 0.6) is 0 Å². The fourth-order valence-electron chi connectivity index (χ4n) is 2.38. The Hall–Kier alpha value is -0.920. The third-order valence-corrected chi connectivity index (χ3v) is 6.14. The van der Waals surface area contributed by atoms with Crippen LogP contribution >= 0.6 is 11.3 Å². The van der Waals surface area contributed by atoms with Gasteiger partial charge in [0.1, 0.15) is 4.21 Å². The summed E-state index contributed by atoms with van der Waals surface area (Å²) in [5.41, 5.74) is 0. The van der Waals surface area contributed by atoms with E-state index in [1.807, 2.05) is 4.90 Å². The summed E-state index contributed by atoms with van der Waals surface area (Å²) in [6, 6.07) is 3.13. The molecule has 112 valence electrons. The first kappa shape index (κ1) is 15.5. The number of nitrogens with two attached hydrogens (primary N) is 1. The van der Waals surface area contributed by atoms with E-state index in [1.54, 1.807) is 6.07 Å². The summed E-state index contributed by atoms with van der Waals surface area (Å²) in [6.07, 6.45) is 3.51. The van der Waals surface area contributed by atoms with Crippen molar-refractivity contribution in [3.05, 3.63) is 17.0 Å². The van der Waals surface area contributed by atoms with Gasteiger partial charge in [0.15, 0.2) is 0 Å². The normalized spacial score (nSPS) is 20.7. The van der Waals surface area contributed by atoms with E-state index >= 15 is 0 Å². The van der Waals surface area contributed by atoms with Gasteiger partial charge in [0.2, 0.25) is 15.9 Å². The minimum absolute atomic E-state index is 0.0712. The Bertz CT molecular complexity index is 580. The number of hydrogen-bond acceptors (Lipinski definition) is 4. The van der Waals surface area contributed by atoms with Gasteiger partial charge in [0.25, 0.3) is 0 Å². The summed E-state index contributed by atoms with van der Waals surface area (Å²) in [5.74, 6) is 0.741. The number of primary sulfonamides is 1. The molecule has 1 unspecified atom stereocenters. The lowest BCUT2D eigenvalue weighted by molar-refractivity contribution is -0.130. The molecule has 1 aromatic heterocycles. The van der Waals surface area contributed by atoms with Crippen molar-refractivity contribution in [2.75, 3.05) is 13.1 Å². The number of nitrogens with zero attached hydrogens (tertiary/aromatic N) is 1. The number of sulfonamides is 1. The van der Waals surface area contributed by atoms with Crippen LogP contribution in [0.1, 0.15) is 31.1 Å². The zero-order valence-corrected chi connectivity index (χ0v) is 13.2. The Morgan fingerprint density at radius 1 is 1.40 bits per heavy atom. The van der Waals surface area contributed by atoms with E-state index in [-0.39, 0.29) is 16.5 Å². The van der Waals surface area contributed by atoms with E-state index in [2.05, 4.69) is 6.92 Å². The van der Waals surface area contributed by atoms with Crippen LogP contribution in [0.2, 0.25) is 0 Å². The number of hydrogen-bond donors (Lipinski definition) is 1. The number of carbonyl (C=O) groups excluding carboxylic acids is 1. The van der Waals surface area contributed by atoms with Crippen molar-refractivity contribution < 1.29 is 13.2 Å². The highest BCUT2D eigenvalue weighted by atomic mass is 32.2. The first-order valence-electron chi connectivity index (χ1n) is 6.75. The number of likely N-dealkylation sites (tertiary alicyclic amines) is 1. The van der Waals surface area contributed by atoms with E-state index in [0.29, 0.717) is 5.92 Å². The molecule has 1 saturated heterocycles. The largest absolute Gasteiger partial charge is 0.342 e. The smallest absolute Gasteiger partial charge is 0.247 e. The number of rotatable bonds is 3. The molecule has 5 nitrogen and oxygen atoms in total. The van der Waals surface area contributed by atoms with Crippen LogP contribution in [0.15, 0.2) is 16.3 Å². The van der Waals surface area contributed by atoms with Crippen LogP contribution in [0.4, 0.5) is 0 Å². The van der Waals surface area contributed by atoms with Gasteiger partial charge in [-0.15, -0.1) is 11.3 Å². The second kappa shape index (κ2) is 6.24. The fraction of sp³-hybridized carbons (Fsp3) is 0.615. The van der Waals surface area contributed by atoms with Gasteiger partial charge in [-0.05, 0) is 37.3 Å². The van der Waals surface area contributed by atoms with Crippen LogP contribution in [-0.2, 0) is 21.2 Å². The van der Waals surface area contributed by atoms with Crippen molar-refractivity contribution in [3.63, 3.8) is 0 Å². The Morgan fingerprint density at radius 3 is 2.80 bits per heavy atom. The van der Waals surface area contributed by atoms with Crippen molar-refractivity contribution in [2.45, 2.75) is 36.8 Å². The molecule has 0 bridgehead atoms. The predicted molar refractivity (Wildman–Crippen MR) is 79.0 cm³/mol. The van der Waals surface area contributed by atoms with Gasteiger partial charge in [-0.2, -0.15) is 0 Å². The van der Waals surface area contributed by atoms with Gasteiger partial charge in [0, 0.05) is 18.0 Å². The maximum atomic E-state index is 12.2. The summed E-state index contributed by atoms with van der Waals surface area (Å²) in [6.45, 7) is 3.82. The predicted octanol–water partition coefficient (Wildman–Crippen LogP) is 1.59. The number of amides is 1. The molecule has 2 heterocycles. The van der Waals surface area contributed by atoms with Crippen LogP contribution in [0.3, 0.4) is 0 Å². The van der Waals surface area contributed by atoms with Gasteiger partial charge in [0.05, 0.1) is 6.42 Å². The molecule has 0 spiro atoms. The molecular weight excluding hydrogens is 296 g/mol. The lowest BCUT2D eigenvalue weighted by Gasteiger charge is -2.20. The summed E-state index contributed by atoms with van der Waals surface area (Å²) in [4.78, 5) is 14.9. The van der Waals surface area contributed by atoms with Gasteiger partial charge in [-0.1, -0.05) is 6.92 Å².